The molecular weight excluding hydrogens is 249 g/mol. The number of hydrogen-bond donors (Lipinski definition) is 1. The SMILES string of the molecule is Cc1ccc([C@@H](CF)N2CCNCC2)cc1[N+](=O)[O-]. The molecular formula is C13H18FN3O2. The lowest BCUT2D eigenvalue weighted by molar-refractivity contribution is -0.385. The lowest BCUT2D eigenvalue weighted by atomic mass is 10.0. The Balaban J connectivity index is 2.27. The van der Waals surface area contributed by atoms with Crippen LogP contribution < -0.4 is 5.32 Å². The first-order chi connectivity index (χ1) is 9.13. The number of nitrogens with one attached hydrogen (secondary N) is 1. The minimum Gasteiger partial charge on any atom is -0.314 e. The molecule has 0 bridgehead atoms. The fourth-order valence-corrected chi connectivity index (χ4v) is 2.42. The second kappa shape index (κ2) is 6.08. The van der Waals surface area contributed by atoms with Crippen LogP contribution in [0.25, 0.3) is 0 Å². The van der Waals surface area contributed by atoms with Crippen LogP contribution >= 0.6 is 0 Å². The fourth-order valence-electron chi connectivity index (χ4n) is 2.42. The quantitative estimate of drug-likeness (QED) is 0.668. The van der Waals surface area contributed by atoms with Crippen LogP contribution in [-0.2, 0) is 0 Å². The van der Waals surface area contributed by atoms with E-state index in [1.165, 1.54) is 6.07 Å². The maximum Gasteiger partial charge on any atom is 0.272 e. The van der Waals surface area contributed by atoms with Gasteiger partial charge in [-0.3, -0.25) is 15.0 Å². The Labute approximate surface area is 111 Å². The van der Waals surface area contributed by atoms with Crippen LogP contribution in [0.2, 0.25) is 0 Å². The van der Waals surface area contributed by atoms with Gasteiger partial charge in [0.15, 0.2) is 0 Å². The van der Waals surface area contributed by atoms with Crippen LogP contribution in [0.15, 0.2) is 18.2 Å². The van der Waals surface area contributed by atoms with E-state index in [0.717, 1.165) is 26.2 Å². The number of benzene rings is 1. The Kier molecular flexibility index (Phi) is 4.44. The van der Waals surface area contributed by atoms with Crippen LogP contribution in [0.3, 0.4) is 0 Å². The van der Waals surface area contributed by atoms with E-state index in [2.05, 4.69) is 5.32 Å². The van der Waals surface area contributed by atoms with Crippen molar-refractivity contribution in [2.24, 2.45) is 0 Å². The molecule has 1 aliphatic rings. The van der Waals surface area contributed by atoms with E-state index < -0.39 is 11.6 Å². The number of nitrogens with zero attached hydrogens (tertiary/aromatic N) is 2. The zero-order chi connectivity index (χ0) is 13.8. The number of nitro benzene ring substituents is 1. The first-order valence-corrected chi connectivity index (χ1v) is 6.39. The van der Waals surface area contributed by atoms with Gasteiger partial charge < -0.3 is 5.32 Å². The smallest absolute Gasteiger partial charge is 0.272 e. The van der Waals surface area contributed by atoms with Gasteiger partial charge in [0.05, 0.1) is 11.0 Å². The Morgan fingerprint density at radius 3 is 2.74 bits per heavy atom. The Hall–Kier alpha value is -1.53. The van der Waals surface area contributed by atoms with Gasteiger partial charge in [-0.2, -0.15) is 0 Å². The lowest BCUT2D eigenvalue weighted by Gasteiger charge is -2.33. The average molecular weight is 267 g/mol. The molecule has 0 radical (unpaired) electrons. The summed E-state index contributed by atoms with van der Waals surface area (Å²) in [7, 11) is 0. The van der Waals surface area contributed by atoms with Crippen molar-refractivity contribution in [3.63, 3.8) is 0 Å². The molecule has 1 heterocycles. The number of nitro groups is 1. The average Bonchev–Trinajstić information content (AvgIpc) is 2.42. The van der Waals surface area contributed by atoms with Gasteiger partial charge in [-0.15, -0.1) is 0 Å². The molecule has 0 aliphatic carbocycles. The first kappa shape index (κ1) is 13.9. The van der Waals surface area contributed by atoms with Gasteiger partial charge in [0, 0.05) is 37.8 Å². The van der Waals surface area contributed by atoms with Gasteiger partial charge in [0.2, 0.25) is 0 Å². The van der Waals surface area contributed by atoms with Crippen molar-refractivity contribution in [3.05, 3.63) is 39.4 Å². The summed E-state index contributed by atoms with van der Waals surface area (Å²) in [5.41, 5.74) is 1.35. The van der Waals surface area contributed by atoms with Crippen LogP contribution in [0.1, 0.15) is 17.2 Å². The van der Waals surface area contributed by atoms with Crippen molar-refractivity contribution in [1.82, 2.24) is 10.2 Å². The molecule has 1 aliphatic heterocycles. The molecule has 104 valence electrons. The zero-order valence-corrected chi connectivity index (χ0v) is 10.9. The summed E-state index contributed by atoms with van der Waals surface area (Å²) in [6.45, 7) is 4.33. The summed E-state index contributed by atoms with van der Waals surface area (Å²) in [5, 5.41) is 14.2. The summed E-state index contributed by atoms with van der Waals surface area (Å²) >= 11 is 0. The largest absolute Gasteiger partial charge is 0.314 e. The number of rotatable bonds is 4. The van der Waals surface area contributed by atoms with E-state index in [0.29, 0.717) is 11.1 Å². The van der Waals surface area contributed by atoms with Gasteiger partial charge in [0.1, 0.15) is 6.67 Å². The summed E-state index contributed by atoms with van der Waals surface area (Å²) in [5.74, 6) is 0. The summed E-state index contributed by atoms with van der Waals surface area (Å²) in [6, 6.07) is 4.59. The van der Waals surface area contributed by atoms with E-state index in [9.17, 15) is 14.5 Å². The first-order valence-electron chi connectivity index (χ1n) is 6.39. The highest BCUT2D eigenvalue weighted by atomic mass is 19.1. The van der Waals surface area contributed by atoms with E-state index in [1.54, 1.807) is 19.1 Å². The van der Waals surface area contributed by atoms with Crippen molar-refractivity contribution in [2.75, 3.05) is 32.9 Å². The summed E-state index contributed by atoms with van der Waals surface area (Å²) < 4.78 is 13.3. The molecule has 1 saturated heterocycles. The normalized spacial score (nSPS) is 18.2. The molecule has 0 unspecified atom stereocenters. The van der Waals surface area contributed by atoms with Crippen molar-refractivity contribution in [1.29, 1.82) is 0 Å². The molecule has 1 aromatic carbocycles. The minimum absolute atomic E-state index is 0.0612. The topological polar surface area (TPSA) is 58.4 Å². The maximum absolute atomic E-state index is 13.3. The molecule has 19 heavy (non-hydrogen) atoms. The molecule has 0 spiro atoms. The van der Waals surface area contributed by atoms with E-state index in [4.69, 9.17) is 0 Å². The fraction of sp³-hybridized carbons (Fsp3) is 0.538. The van der Waals surface area contributed by atoms with Crippen LogP contribution in [0.4, 0.5) is 10.1 Å². The number of alkyl halides is 1. The monoisotopic (exact) mass is 267 g/mol. The molecule has 1 fully saturated rings. The standard InChI is InChI=1S/C13H18FN3O2/c1-10-2-3-11(8-12(10)17(18)19)13(9-14)16-6-4-15-5-7-16/h2-3,8,13,15H,4-7,9H2,1H3/t13-/m1/s1. The van der Waals surface area contributed by atoms with E-state index in [1.807, 2.05) is 4.90 Å². The predicted octanol–water partition coefficient (Wildman–Crippen LogP) is 1.82. The molecule has 6 heteroatoms. The van der Waals surface area contributed by atoms with Gasteiger partial charge in [-0.25, -0.2) is 4.39 Å². The number of aryl methyl sites for hydroxylation is 1. The Bertz CT molecular complexity index is 461. The highest BCUT2D eigenvalue weighted by Gasteiger charge is 2.24. The third-order valence-electron chi connectivity index (χ3n) is 3.55. The summed E-state index contributed by atoms with van der Waals surface area (Å²) in [4.78, 5) is 12.6. The zero-order valence-electron chi connectivity index (χ0n) is 10.9. The predicted molar refractivity (Wildman–Crippen MR) is 71.0 cm³/mol. The minimum atomic E-state index is -0.528. The second-order valence-corrected chi connectivity index (χ2v) is 4.76. The maximum atomic E-state index is 13.3. The number of piperazine rings is 1. The Morgan fingerprint density at radius 1 is 1.47 bits per heavy atom. The molecule has 1 aromatic rings. The third kappa shape index (κ3) is 3.08. The lowest BCUT2D eigenvalue weighted by Crippen LogP contribution is -2.45. The van der Waals surface area contributed by atoms with Crippen molar-refractivity contribution in [3.8, 4) is 0 Å². The van der Waals surface area contributed by atoms with Gasteiger partial charge in [0.25, 0.3) is 5.69 Å². The van der Waals surface area contributed by atoms with Crippen LogP contribution in [-0.4, -0.2) is 42.7 Å². The van der Waals surface area contributed by atoms with E-state index in [-0.39, 0.29) is 11.7 Å². The van der Waals surface area contributed by atoms with Crippen molar-refractivity contribution >= 4 is 5.69 Å². The molecule has 1 atom stereocenters. The number of hydrogen-bond acceptors (Lipinski definition) is 4. The molecule has 5 nitrogen and oxygen atoms in total. The molecule has 2 rings (SSSR count). The Morgan fingerprint density at radius 2 is 2.16 bits per heavy atom. The van der Waals surface area contributed by atoms with Crippen molar-refractivity contribution < 1.29 is 9.31 Å². The molecule has 0 aromatic heterocycles. The highest BCUT2D eigenvalue weighted by Crippen LogP contribution is 2.27. The third-order valence-corrected chi connectivity index (χ3v) is 3.55. The molecule has 0 saturated carbocycles. The van der Waals surface area contributed by atoms with Gasteiger partial charge in [-0.1, -0.05) is 12.1 Å². The molecule has 1 N–H and O–H groups in total. The van der Waals surface area contributed by atoms with E-state index >= 15 is 0 Å². The van der Waals surface area contributed by atoms with Gasteiger partial charge in [-0.05, 0) is 12.5 Å². The highest BCUT2D eigenvalue weighted by molar-refractivity contribution is 5.43. The summed E-state index contributed by atoms with van der Waals surface area (Å²) in [6.07, 6.45) is 0. The molecule has 0 amide bonds. The van der Waals surface area contributed by atoms with Gasteiger partial charge >= 0.3 is 0 Å². The second-order valence-electron chi connectivity index (χ2n) is 4.76. The van der Waals surface area contributed by atoms with Crippen LogP contribution in [0, 0.1) is 17.0 Å². The number of halogens is 1. The van der Waals surface area contributed by atoms with Crippen molar-refractivity contribution in [2.45, 2.75) is 13.0 Å². The van der Waals surface area contributed by atoms with Crippen LogP contribution in [0.5, 0.6) is 0 Å².